The quantitative estimate of drug-likeness (QED) is 0.125. The summed E-state index contributed by atoms with van der Waals surface area (Å²) in [7, 11) is 0. The number of carboxylic acid groups (broad SMARTS) is 1. The van der Waals surface area contributed by atoms with Crippen LogP contribution in [0.4, 0.5) is 8.78 Å². The van der Waals surface area contributed by atoms with E-state index in [1.165, 1.54) is 72.8 Å². The Kier molecular flexibility index (Phi) is 12.4. The molecule has 0 radical (unpaired) electrons. The number of nitriles is 2. The molecular formula is C40H26F2N4O8. The first-order valence-electron chi connectivity index (χ1n) is 15.8. The van der Waals surface area contributed by atoms with Crippen LogP contribution in [0.3, 0.4) is 0 Å². The Hall–Kier alpha value is -7.84. The van der Waals surface area contributed by atoms with Crippen LogP contribution in [0.15, 0.2) is 121 Å². The van der Waals surface area contributed by atoms with Crippen molar-refractivity contribution in [2.75, 3.05) is 6.61 Å². The lowest BCUT2D eigenvalue weighted by atomic mass is 10.2. The Morgan fingerprint density at radius 3 is 1.33 bits per heavy atom. The van der Waals surface area contributed by atoms with E-state index in [4.69, 9.17) is 34.2 Å². The smallest absolute Gasteiger partial charge is 0.343 e. The molecule has 0 bridgehead atoms. The van der Waals surface area contributed by atoms with E-state index in [-0.39, 0.29) is 47.0 Å². The van der Waals surface area contributed by atoms with Crippen LogP contribution in [0, 0.1) is 34.3 Å². The maximum absolute atomic E-state index is 13.1. The van der Waals surface area contributed by atoms with Crippen molar-refractivity contribution in [1.29, 1.82) is 10.5 Å². The second-order valence-corrected chi connectivity index (χ2v) is 10.6. The van der Waals surface area contributed by atoms with E-state index < -0.39 is 23.6 Å². The van der Waals surface area contributed by atoms with Gasteiger partial charge in [-0.15, -0.1) is 0 Å². The van der Waals surface area contributed by atoms with Crippen molar-refractivity contribution in [3.05, 3.63) is 155 Å². The number of aromatic carboxylic acids is 1. The van der Waals surface area contributed by atoms with E-state index >= 15 is 0 Å². The molecule has 6 rings (SSSR count). The molecule has 0 atom stereocenters. The Morgan fingerprint density at radius 2 is 0.944 bits per heavy atom. The molecule has 6 aromatic rings. The molecular weight excluding hydrogens is 702 g/mol. The second kappa shape index (κ2) is 17.9. The molecule has 0 saturated carbocycles. The number of aromatic nitrogens is 2. The molecule has 0 amide bonds. The van der Waals surface area contributed by atoms with Crippen molar-refractivity contribution in [2.45, 2.75) is 6.92 Å². The number of pyridine rings is 2. The van der Waals surface area contributed by atoms with Gasteiger partial charge in [-0.3, -0.25) is 0 Å². The van der Waals surface area contributed by atoms with Crippen LogP contribution in [0.25, 0.3) is 0 Å². The van der Waals surface area contributed by atoms with Crippen molar-refractivity contribution in [2.24, 2.45) is 0 Å². The van der Waals surface area contributed by atoms with Crippen molar-refractivity contribution >= 4 is 11.9 Å². The third-order valence-corrected chi connectivity index (χ3v) is 6.86. The van der Waals surface area contributed by atoms with Crippen molar-refractivity contribution in [3.8, 4) is 58.7 Å². The molecule has 0 fully saturated rings. The summed E-state index contributed by atoms with van der Waals surface area (Å²) in [5.74, 6) is -1.19. The topological polar surface area (TPSA) is 174 Å². The molecule has 0 unspecified atom stereocenters. The number of esters is 1. The second-order valence-electron chi connectivity index (χ2n) is 10.6. The number of carbonyl (C=O) groups excluding carboxylic acids is 1. The molecule has 14 heteroatoms. The Balaban J connectivity index is 0.000000208. The summed E-state index contributed by atoms with van der Waals surface area (Å²) in [6.45, 7) is 1.88. The molecule has 54 heavy (non-hydrogen) atoms. The zero-order chi connectivity index (χ0) is 38.5. The minimum atomic E-state index is -1.22. The van der Waals surface area contributed by atoms with Gasteiger partial charge in [0.05, 0.1) is 29.9 Å². The molecule has 268 valence electrons. The number of hydrogen-bond acceptors (Lipinski definition) is 11. The standard InChI is InChI=1S/C21H15FN2O4.C19H11FN2O4/c1-2-26-21(25)18-11-12-19(27-16-7-3-14(13-23)4-8-16)24-20(18)28-17-9-5-15(22)6-10-17;20-13-3-7-15(8-4-13)26-18-16(19(23)24)9-10-17(22-18)25-14-5-1-12(11-21)2-6-14/h3-12H,2H2,1H3;1-10H,(H,23,24). The summed E-state index contributed by atoms with van der Waals surface area (Å²) in [5, 5.41) is 26.9. The van der Waals surface area contributed by atoms with E-state index in [1.807, 2.05) is 12.1 Å². The summed E-state index contributed by atoms with van der Waals surface area (Å²) < 4.78 is 53.4. The van der Waals surface area contributed by atoms with Crippen LogP contribution in [0.2, 0.25) is 0 Å². The Bertz CT molecular complexity index is 2320. The number of hydrogen-bond donors (Lipinski definition) is 1. The summed E-state index contributed by atoms with van der Waals surface area (Å²) in [6, 6.07) is 32.9. The highest BCUT2D eigenvalue weighted by atomic mass is 19.1. The highest BCUT2D eigenvalue weighted by molar-refractivity contribution is 5.92. The van der Waals surface area contributed by atoms with Crippen LogP contribution in [-0.4, -0.2) is 33.6 Å². The van der Waals surface area contributed by atoms with Gasteiger partial charge in [-0.1, -0.05) is 0 Å². The van der Waals surface area contributed by atoms with Gasteiger partial charge in [0.25, 0.3) is 0 Å². The van der Waals surface area contributed by atoms with Crippen LogP contribution >= 0.6 is 0 Å². The van der Waals surface area contributed by atoms with Crippen molar-refractivity contribution in [3.63, 3.8) is 0 Å². The predicted octanol–water partition coefficient (Wildman–Crippen LogP) is 9.23. The Morgan fingerprint density at radius 1 is 0.574 bits per heavy atom. The first kappa shape index (κ1) is 37.4. The van der Waals surface area contributed by atoms with Gasteiger partial charge in [-0.05, 0) is 116 Å². The van der Waals surface area contributed by atoms with Crippen LogP contribution in [-0.2, 0) is 4.74 Å². The van der Waals surface area contributed by atoms with Gasteiger partial charge in [-0.2, -0.15) is 20.5 Å². The van der Waals surface area contributed by atoms with E-state index in [2.05, 4.69) is 9.97 Å². The van der Waals surface area contributed by atoms with Crippen LogP contribution < -0.4 is 18.9 Å². The fourth-order valence-electron chi connectivity index (χ4n) is 4.31. The summed E-state index contributed by atoms with van der Waals surface area (Å²) in [4.78, 5) is 31.8. The van der Waals surface area contributed by atoms with Gasteiger partial charge >= 0.3 is 11.9 Å². The largest absolute Gasteiger partial charge is 0.477 e. The number of carbonyl (C=O) groups is 2. The van der Waals surface area contributed by atoms with E-state index in [1.54, 1.807) is 55.5 Å². The molecule has 12 nitrogen and oxygen atoms in total. The fraction of sp³-hybridized carbons (Fsp3) is 0.0500. The van der Waals surface area contributed by atoms with Crippen LogP contribution in [0.5, 0.6) is 46.5 Å². The highest BCUT2D eigenvalue weighted by Gasteiger charge is 2.19. The van der Waals surface area contributed by atoms with Gasteiger partial charge in [0.1, 0.15) is 45.8 Å². The number of benzene rings is 4. The van der Waals surface area contributed by atoms with Gasteiger partial charge in [0, 0.05) is 12.1 Å². The van der Waals surface area contributed by atoms with Crippen molar-refractivity contribution in [1.82, 2.24) is 9.97 Å². The van der Waals surface area contributed by atoms with E-state index in [0.29, 0.717) is 28.4 Å². The average molecular weight is 729 g/mol. The third-order valence-electron chi connectivity index (χ3n) is 6.86. The lowest BCUT2D eigenvalue weighted by Gasteiger charge is -2.12. The maximum atomic E-state index is 13.1. The molecule has 0 aliphatic rings. The van der Waals surface area contributed by atoms with E-state index in [9.17, 15) is 23.5 Å². The number of ether oxygens (including phenoxy) is 5. The van der Waals surface area contributed by atoms with E-state index in [0.717, 1.165) is 0 Å². The molecule has 0 spiro atoms. The van der Waals surface area contributed by atoms with Crippen LogP contribution in [0.1, 0.15) is 38.8 Å². The Labute approximate surface area is 306 Å². The predicted molar refractivity (Wildman–Crippen MR) is 187 cm³/mol. The minimum absolute atomic E-state index is 0.0313. The summed E-state index contributed by atoms with van der Waals surface area (Å²) in [6.07, 6.45) is 0. The third kappa shape index (κ3) is 10.3. The highest BCUT2D eigenvalue weighted by Crippen LogP contribution is 2.30. The summed E-state index contributed by atoms with van der Waals surface area (Å²) in [5.41, 5.74) is 0.921. The minimum Gasteiger partial charge on any atom is -0.477 e. The lowest BCUT2D eigenvalue weighted by Crippen LogP contribution is -2.08. The normalized spacial score (nSPS) is 10.0. The molecule has 0 saturated heterocycles. The number of nitrogens with zero attached hydrogens (tertiary/aromatic N) is 4. The van der Waals surface area contributed by atoms with Gasteiger partial charge in [-0.25, -0.2) is 18.4 Å². The van der Waals surface area contributed by atoms with Gasteiger partial charge < -0.3 is 28.8 Å². The zero-order valence-corrected chi connectivity index (χ0v) is 28.1. The number of rotatable bonds is 11. The number of halogens is 2. The fourth-order valence-corrected chi connectivity index (χ4v) is 4.31. The first-order valence-corrected chi connectivity index (χ1v) is 15.8. The summed E-state index contributed by atoms with van der Waals surface area (Å²) >= 11 is 0. The molecule has 0 aliphatic carbocycles. The SMILES string of the molecule is CCOC(=O)c1ccc(Oc2ccc(C#N)cc2)nc1Oc1ccc(F)cc1.N#Cc1ccc(Oc2ccc(C(=O)O)c(Oc3ccc(F)cc3)n2)cc1. The molecule has 2 aromatic heterocycles. The monoisotopic (exact) mass is 728 g/mol. The zero-order valence-electron chi connectivity index (χ0n) is 28.1. The number of carboxylic acids is 1. The molecule has 0 aliphatic heterocycles. The molecule has 4 aromatic carbocycles. The van der Waals surface area contributed by atoms with Crippen molar-refractivity contribution < 1.29 is 47.2 Å². The first-order chi connectivity index (χ1) is 26.1. The molecule has 2 heterocycles. The molecule has 1 N–H and O–H groups in total. The maximum Gasteiger partial charge on any atom is 0.343 e. The van der Waals surface area contributed by atoms with Gasteiger partial charge in [0.2, 0.25) is 23.5 Å². The lowest BCUT2D eigenvalue weighted by molar-refractivity contribution is 0.0522. The average Bonchev–Trinajstić information content (AvgIpc) is 3.18. The van der Waals surface area contributed by atoms with Gasteiger partial charge in [0.15, 0.2) is 0 Å².